The van der Waals surface area contributed by atoms with Crippen molar-refractivity contribution < 1.29 is 18.0 Å². The summed E-state index contributed by atoms with van der Waals surface area (Å²) in [5.74, 6) is -0.528. The fourth-order valence-corrected chi connectivity index (χ4v) is 4.40. The van der Waals surface area contributed by atoms with Gasteiger partial charge in [0.25, 0.3) is 0 Å². The van der Waals surface area contributed by atoms with Crippen molar-refractivity contribution in [3.8, 4) is 0 Å². The standard InChI is InChI=1S/C19H25N3O4S2/c1-3-4-5-6-12-26-22-18(19-20-11-13-27-19)14-28(24,25)17-9-7-16(8-10-17)21-15(2)23/h7-11,13H,3-6,12,14H2,1-2H3,(H,21,23)/b22-18-. The molecular weight excluding hydrogens is 398 g/mol. The smallest absolute Gasteiger partial charge is 0.221 e. The minimum Gasteiger partial charge on any atom is -0.395 e. The van der Waals surface area contributed by atoms with Crippen LogP contribution in [-0.2, 0) is 19.5 Å². The highest BCUT2D eigenvalue weighted by molar-refractivity contribution is 7.92. The number of sulfone groups is 1. The summed E-state index contributed by atoms with van der Waals surface area (Å²) in [6, 6.07) is 6.04. The largest absolute Gasteiger partial charge is 0.395 e. The Morgan fingerprint density at radius 3 is 2.57 bits per heavy atom. The molecule has 0 fully saturated rings. The van der Waals surface area contributed by atoms with Crippen molar-refractivity contribution in [3.05, 3.63) is 40.8 Å². The number of hydrogen-bond donors (Lipinski definition) is 1. The van der Waals surface area contributed by atoms with Crippen LogP contribution < -0.4 is 5.32 Å². The van der Waals surface area contributed by atoms with Crippen LogP contribution in [0.3, 0.4) is 0 Å². The van der Waals surface area contributed by atoms with E-state index in [4.69, 9.17) is 4.84 Å². The second-order valence-electron chi connectivity index (χ2n) is 6.23. The molecule has 0 saturated carbocycles. The molecule has 2 rings (SSSR count). The van der Waals surface area contributed by atoms with E-state index in [-0.39, 0.29) is 22.3 Å². The Balaban J connectivity index is 2.10. The number of rotatable bonds is 11. The lowest BCUT2D eigenvalue weighted by Crippen LogP contribution is -2.18. The van der Waals surface area contributed by atoms with Crippen molar-refractivity contribution >= 4 is 38.5 Å². The third-order valence-electron chi connectivity index (χ3n) is 3.80. The fraction of sp³-hybridized carbons (Fsp3) is 0.421. The molecule has 7 nitrogen and oxygen atoms in total. The lowest BCUT2D eigenvalue weighted by molar-refractivity contribution is -0.114. The lowest BCUT2D eigenvalue weighted by atomic mass is 10.2. The number of thiazole rings is 1. The van der Waals surface area contributed by atoms with Gasteiger partial charge in [0.05, 0.1) is 4.90 Å². The van der Waals surface area contributed by atoms with E-state index in [0.29, 0.717) is 17.3 Å². The number of oxime groups is 1. The number of amides is 1. The molecule has 0 unspecified atom stereocenters. The first-order chi connectivity index (χ1) is 13.4. The second kappa shape index (κ2) is 10.9. The highest BCUT2D eigenvalue weighted by Crippen LogP contribution is 2.18. The molecule has 1 aromatic carbocycles. The normalized spacial score (nSPS) is 12.0. The number of benzene rings is 1. The molecule has 0 atom stereocenters. The Hall–Kier alpha value is -2.26. The third-order valence-corrected chi connectivity index (χ3v) is 6.27. The van der Waals surface area contributed by atoms with E-state index < -0.39 is 9.84 Å². The van der Waals surface area contributed by atoms with Gasteiger partial charge in [-0.3, -0.25) is 4.79 Å². The van der Waals surface area contributed by atoms with Gasteiger partial charge in [0.15, 0.2) is 9.84 Å². The van der Waals surface area contributed by atoms with Crippen LogP contribution in [0.1, 0.15) is 44.5 Å². The van der Waals surface area contributed by atoms with E-state index in [9.17, 15) is 13.2 Å². The molecule has 0 bridgehead atoms. The van der Waals surface area contributed by atoms with Crippen molar-refractivity contribution in [2.45, 2.75) is 44.4 Å². The Labute approximate surface area is 169 Å². The molecule has 9 heteroatoms. The van der Waals surface area contributed by atoms with Gasteiger partial charge in [-0.15, -0.1) is 11.3 Å². The van der Waals surface area contributed by atoms with Crippen molar-refractivity contribution in [2.24, 2.45) is 5.16 Å². The van der Waals surface area contributed by atoms with E-state index in [2.05, 4.69) is 22.4 Å². The predicted molar refractivity (Wildman–Crippen MR) is 112 cm³/mol. The number of nitrogens with zero attached hydrogens (tertiary/aromatic N) is 2. The Morgan fingerprint density at radius 1 is 1.21 bits per heavy atom. The summed E-state index contributed by atoms with van der Waals surface area (Å²) in [6.07, 6.45) is 5.80. The SMILES string of the molecule is CCCCCCO/N=C(/CS(=O)(=O)c1ccc(NC(C)=O)cc1)c1nccs1. The molecule has 1 heterocycles. The van der Waals surface area contributed by atoms with Crippen LogP contribution in [0.25, 0.3) is 0 Å². The maximum atomic E-state index is 12.8. The molecule has 0 aliphatic heterocycles. The molecule has 1 aromatic heterocycles. The van der Waals surface area contributed by atoms with Crippen LogP contribution in [0.4, 0.5) is 5.69 Å². The summed E-state index contributed by atoms with van der Waals surface area (Å²) in [7, 11) is -3.64. The Kier molecular flexibility index (Phi) is 8.59. The minimum atomic E-state index is -3.64. The van der Waals surface area contributed by atoms with Crippen LogP contribution in [-0.4, -0.2) is 37.4 Å². The van der Waals surface area contributed by atoms with Crippen molar-refractivity contribution in [3.63, 3.8) is 0 Å². The quantitative estimate of drug-likeness (QED) is 0.336. The van der Waals surface area contributed by atoms with Crippen LogP contribution in [0.5, 0.6) is 0 Å². The first kappa shape index (κ1) is 22.0. The summed E-state index contributed by atoms with van der Waals surface area (Å²) in [5, 5.41) is 8.95. The van der Waals surface area contributed by atoms with E-state index in [1.807, 2.05) is 0 Å². The lowest BCUT2D eigenvalue weighted by Gasteiger charge is -2.08. The van der Waals surface area contributed by atoms with Gasteiger partial charge in [-0.2, -0.15) is 0 Å². The van der Waals surface area contributed by atoms with Crippen molar-refractivity contribution in [2.75, 3.05) is 17.7 Å². The number of anilines is 1. The molecule has 0 radical (unpaired) electrons. The molecule has 1 N–H and O–H groups in total. The predicted octanol–water partition coefficient (Wildman–Crippen LogP) is 3.88. The number of unbranched alkanes of at least 4 members (excludes halogenated alkanes) is 3. The van der Waals surface area contributed by atoms with Crippen molar-refractivity contribution in [1.82, 2.24) is 4.98 Å². The highest BCUT2D eigenvalue weighted by Gasteiger charge is 2.21. The molecule has 0 spiro atoms. The fourth-order valence-electron chi connectivity index (χ4n) is 2.42. The van der Waals surface area contributed by atoms with Gasteiger partial charge in [-0.05, 0) is 37.1 Å². The van der Waals surface area contributed by atoms with Gasteiger partial charge in [0, 0.05) is 24.2 Å². The molecule has 28 heavy (non-hydrogen) atoms. The third kappa shape index (κ3) is 7.05. The monoisotopic (exact) mass is 423 g/mol. The topological polar surface area (TPSA) is 97.7 Å². The molecule has 2 aromatic rings. The maximum Gasteiger partial charge on any atom is 0.221 e. The Morgan fingerprint density at radius 2 is 1.96 bits per heavy atom. The average Bonchev–Trinajstić information content (AvgIpc) is 3.18. The van der Waals surface area contributed by atoms with Gasteiger partial charge in [0.2, 0.25) is 5.91 Å². The summed E-state index contributed by atoms with van der Waals surface area (Å²) in [5.41, 5.74) is 0.826. The highest BCUT2D eigenvalue weighted by atomic mass is 32.2. The summed E-state index contributed by atoms with van der Waals surface area (Å²) < 4.78 is 25.6. The summed E-state index contributed by atoms with van der Waals surface area (Å²) in [6.45, 7) is 3.97. The molecule has 0 aliphatic carbocycles. The molecule has 1 amide bonds. The molecule has 0 aliphatic rings. The van der Waals surface area contributed by atoms with Crippen LogP contribution in [0.15, 0.2) is 45.9 Å². The van der Waals surface area contributed by atoms with Gasteiger partial charge in [-0.25, -0.2) is 13.4 Å². The first-order valence-corrected chi connectivity index (χ1v) is 11.6. The van der Waals surface area contributed by atoms with Gasteiger partial charge in [0.1, 0.15) is 23.1 Å². The minimum absolute atomic E-state index is 0.147. The number of carbonyl (C=O) groups excluding carboxylic acids is 1. The zero-order valence-electron chi connectivity index (χ0n) is 16.1. The van der Waals surface area contributed by atoms with Crippen LogP contribution >= 0.6 is 11.3 Å². The maximum absolute atomic E-state index is 12.8. The van der Waals surface area contributed by atoms with E-state index >= 15 is 0 Å². The molecular formula is C19H25N3O4S2. The van der Waals surface area contributed by atoms with Gasteiger partial charge < -0.3 is 10.2 Å². The number of aromatic nitrogens is 1. The zero-order valence-corrected chi connectivity index (χ0v) is 17.7. The second-order valence-corrected chi connectivity index (χ2v) is 9.12. The zero-order chi connectivity index (χ0) is 20.4. The van der Waals surface area contributed by atoms with E-state index in [1.54, 1.807) is 23.7 Å². The van der Waals surface area contributed by atoms with E-state index in [0.717, 1.165) is 25.7 Å². The first-order valence-electron chi connectivity index (χ1n) is 9.11. The summed E-state index contributed by atoms with van der Waals surface area (Å²) in [4.78, 5) is 20.8. The Bertz CT molecular complexity index is 876. The average molecular weight is 424 g/mol. The van der Waals surface area contributed by atoms with Crippen LogP contribution in [0.2, 0.25) is 0 Å². The van der Waals surface area contributed by atoms with Gasteiger partial charge >= 0.3 is 0 Å². The number of hydrogen-bond acceptors (Lipinski definition) is 7. The van der Waals surface area contributed by atoms with Gasteiger partial charge in [-0.1, -0.05) is 24.9 Å². The summed E-state index contributed by atoms with van der Waals surface area (Å²) >= 11 is 1.31. The van der Waals surface area contributed by atoms with E-state index in [1.165, 1.54) is 30.4 Å². The van der Waals surface area contributed by atoms with Crippen molar-refractivity contribution in [1.29, 1.82) is 0 Å². The molecule has 0 saturated heterocycles. The van der Waals surface area contributed by atoms with Crippen LogP contribution in [0, 0.1) is 0 Å². The molecule has 152 valence electrons. The number of carbonyl (C=O) groups is 1. The number of nitrogens with one attached hydrogen (secondary N) is 1.